The second-order valence-electron chi connectivity index (χ2n) is 5.41. The summed E-state index contributed by atoms with van der Waals surface area (Å²) in [6.07, 6.45) is 0. The summed E-state index contributed by atoms with van der Waals surface area (Å²) in [7, 11) is 0. The molecule has 0 saturated carbocycles. The SMILES string of the molecule is Nc1ccc(C#Cc2ccc(OC(=O)c3ccc(N)cc3)cc2)cc1. The highest BCUT2D eigenvalue weighted by Gasteiger charge is 2.07. The number of esters is 1. The number of carbonyl (C=O) groups excluding carboxylic acids is 1. The zero-order valence-electron chi connectivity index (χ0n) is 13.4. The molecule has 25 heavy (non-hydrogen) atoms. The minimum Gasteiger partial charge on any atom is -0.423 e. The number of nitrogens with two attached hydrogens (primary N) is 2. The molecule has 0 fully saturated rings. The van der Waals surface area contributed by atoms with Gasteiger partial charge in [0.05, 0.1) is 5.56 Å². The molecule has 3 rings (SSSR count). The van der Waals surface area contributed by atoms with Crippen molar-refractivity contribution in [2.45, 2.75) is 0 Å². The largest absolute Gasteiger partial charge is 0.423 e. The maximum atomic E-state index is 12.0. The van der Waals surface area contributed by atoms with Crippen LogP contribution in [0.15, 0.2) is 72.8 Å². The van der Waals surface area contributed by atoms with Crippen LogP contribution in [0.4, 0.5) is 11.4 Å². The first kappa shape index (κ1) is 16.2. The van der Waals surface area contributed by atoms with Gasteiger partial charge in [-0.1, -0.05) is 11.8 Å². The van der Waals surface area contributed by atoms with E-state index in [0.717, 1.165) is 11.1 Å². The molecule has 0 amide bonds. The van der Waals surface area contributed by atoms with Crippen molar-refractivity contribution in [3.8, 4) is 17.6 Å². The monoisotopic (exact) mass is 328 g/mol. The van der Waals surface area contributed by atoms with Crippen LogP contribution in [-0.4, -0.2) is 5.97 Å². The molecular weight excluding hydrogens is 312 g/mol. The molecule has 3 aromatic rings. The van der Waals surface area contributed by atoms with Crippen molar-refractivity contribution in [2.75, 3.05) is 11.5 Å². The first-order chi connectivity index (χ1) is 12.1. The van der Waals surface area contributed by atoms with E-state index < -0.39 is 5.97 Å². The van der Waals surface area contributed by atoms with Gasteiger partial charge in [-0.25, -0.2) is 4.79 Å². The molecule has 0 aliphatic heterocycles. The summed E-state index contributed by atoms with van der Waals surface area (Å²) < 4.78 is 5.33. The molecule has 3 aromatic carbocycles. The second kappa shape index (κ2) is 7.24. The van der Waals surface area contributed by atoms with Crippen LogP contribution in [0.3, 0.4) is 0 Å². The number of hydrogen-bond acceptors (Lipinski definition) is 4. The van der Waals surface area contributed by atoms with Crippen LogP contribution < -0.4 is 16.2 Å². The van der Waals surface area contributed by atoms with Gasteiger partial charge in [0, 0.05) is 22.5 Å². The van der Waals surface area contributed by atoms with Gasteiger partial charge in [-0.2, -0.15) is 0 Å². The molecular formula is C21H16N2O2. The van der Waals surface area contributed by atoms with Gasteiger partial charge in [0.25, 0.3) is 0 Å². The Hall–Kier alpha value is -3.71. The van der Waals surface area contributed by atoms with Crippen LogP contribution in [-0.2, 0) is 0 Å². The summed E-state index contributed by atoms with van der Waals surface area (Å²) in [6.45, 7) is 0. The van der Waals surface area contributed by atoms with Crippen LogP contribution in [0.5, 0.6) is 5.75 Å². The van der Waals surface area contributed by atoms with E-state index in [9.17, 15) is 4.79 Å². The molecule has 4 N–H and O–H groups in total. The average molecular weight is 328 g/mol. The fourth-order valence-corrected chi connectivity index (χ4v) is 2.10. The molecule has 4 nitrogen and oxygen atoms in total. The molecule has 0 atom stereocenters. The van der Waals surface area contributed by atoms with Crippen molar-refractivity contribution >= 4 is 17.3 Å². The van der Waals surface area contributed by atoms with Crippen molar-refractivity contribution in [2.24, 2.45) is 0 Å². The molecule has 122 valence electrons. The molecule has 4 heteroatoms. The number of rotatable bonds is 2. The molecule has 0 aromatic heterocycles. The number of nitrogen functional groups attached to an aromatic ring is 2. The van der Waals surface area contributed by atoms with E-state index in [0.29, 0.717) is 22.7 Å². The number of carbonyl (C=O) groups is 1. The summed E-state index contributed by atoms with van der Waals surface area (Å²) in [5.41, 5.74) is 14.7. The van der Waals surface area contributed by atoms with Gasteiger partial charge >= 0.3 is 5.97 Å². The zero-order chi connectivity index (χ0) is 17.6. The maximum Gasteiger partial charge on any atom is 0.343 e. The lowest BCUT2D eigenvalue weighted by atomic mass is 10.1. The number of ether oxygens (including phenoxy) is 1. The van der Waals surface area contributed by atoms with E-state index in [2.05, 4.69) is 11.8 Å². The Bertz CT molecular complexity index is 932. The molecule has 0 unspecified atom stereocenters. The average Bonchev–Trinajstić information content (AvgIpc) is 2.63. The normalized spacial score (nSPS) is 9.76. The lowest BCUT2D eigenvalue weighted by Gasteiger charge is -2.04. The van der Waals surface area contributed by atoms with Crippen LogP contribution >= 0.6 is 0 Å². The van der Waals surface area contributed by atoms with Gasteiger partial charge in [-0.05, 0) is 72.8 Å². The highest BCUT2D eigenvalue weighted by molar-refractivity contribution is 5.91. The zero-order valence-corrected chi connectivity index (χ0v) is 13.4. The van der Waals surface area contributed by atoms with Crippen LogP contribution in [0.2, 0.25) is 0 Å². The summed E-state index contributed by atoms with van der Waals surface area (Å²) in [6, 6.07) is 21.0. The summed E-state index contributed by atoms with van der Waals surface area (Å²) >= 11 is 0. The highest BCUT2D eigenvalue weighted by Crippen LogP contribution is 2.15. The summed E-state index contributed by atoms with van der Waals surface area (Å²) in [5.74, 6) is 6.14. The minimum absolute atomic E-state index is 0.430. The Morgan fingerprint density at radius 1 is 0.680 bits per heavy atom. The van der Waals surface area contributed by atoms with E-state index in [1.165, 1.54) is 0 Å². The molecule has 0 spiro atoms. The van der Waals surface area contributed by atoms with Gasteiger partial charge in [-0.15, -0.1) is 0 Å². The molecule has 0 radical (unpaired) electrons. The Labute approximate surface area is 146 Å². The van der Waals surface area contributed by atoms with Crippen LogP contribution in [0, 0.1) is 11.8 Å². The fourth-order valence-electron chi connectivity index (χ4n) is 2.10. The number of benzene rings is 3. The molecule has 0 aliphatic rings. The van der Waals surface area contributed by atoms with Crippen LogP contribution in [0.25, 0.3) is 0 Å². The van der Waals surface area contributed by atoms with Crippen molar-refractivity contribution in [3.63, 3.8) is 0 Å². The van der Waals surface area contributed by atoms with Crippen LogP contribution in [0.1, 0.15) is 21.5 Å². The predicted molar refractivity (Wildman–Crippen MR) is 99.1 cm³/mol. The predicted octanol–water partition coefficient (Wildman–Crippen LogP) is 3.47. The highest BCUT2D eigenvalue weighted by atomic mass is 16.5. The third-order valence-electron chi connectivity index (χ3n) is 3.47. The van der Waals surface area contributed by atoms with Crippen molar-refractivity contribution in [1.82, 2.24) is 0 Å². The van der Waals surface area contributed by atoms with E-state index in [4.69, 9.17) is 16.2 Å². The quantitative estimate of drug-likeness (QED) is 0.327. The summed E-state index contributed by atoms with van der Waals surface area (Å²) in [4.78, 5) is 12.0. The smallest absolute Gasteiger partial charge is 0.343 e. The fraction of sp³-hybridized carbons (Fsp3) is 0. The van der Waals surface area contributed by atoms with E-state index in [1.807, 2.05) is 24.3 Å². The van der Waals surface area contributed by atoms with Gasteiger partial charge < -0.3 is 16.2 Å². The molecule has 0 saturated heterocycles. The molecule has 0 aliphatic carbocycles. The Kier molecular flexibility index (Phi) is 4.68. The van der Waals surface area contributed by atoms with Gasteiger partial charge in [0.1, 0.15) is 5.75 Å². The first-order valence-corrected chi connectivity index (χ1v) is 7.65. The lowest BCUT2D eigenvalue weighted by molar-refractivity contribution is 0.0735. The maximum absolute atomic E-state index is 12.0. The van der Waals surface area contributed by atoms with Crippen molar-refractivity contribution in [3.05, 3.63) is 89.5 Å². The Balaban J connectivity index is 1.67. The van der Waals surface area contributed by atoms with Gasteiger partial charge in [0.15, 0.2) is 0 Å². The van der Waals surface area contributed by atoms with Crippen molar-refractivity contribution < 1.29 is 9.53 Å². The van der Waals surface area contributed by atoms with E-state index in [1.54, 1.807) is 48.5 Å². The standard InChI is InChI=1S/C21H16N2O2/c22-18-9-3-15(4-10-18)1-2-16-5-13-20(14-6-16)25-21(24)17-7-11-19(23)12-8-17/h3-14H,22-23H2. The Morgan fingerprint density at radius 2 is 1.12 bits per heavy atom. The number of hydrogen-bond donors (Lipinski definition) is 2. The third-order valence-corrected chi connectivity index (χ3v) is 3.47. The van der Waals surface area contributed by atoms with Gasteiger partial charge in [-0.3, -0.25) is 0 Å². The Morgan fingerprint density at radius 3 is 1.64 bits per heavy atom. The molecule has 0 heterocycles. The third kappa shape index (κ3) is 4.40. The van der Waals surface area contributed by atoms with Gasteiger partial charge in [0.2, 0.25) is 0 Å². The minimum atomic E-state index is -0.430. The number of anilines is 2. The molecule has 0 bridgehead atoms. The van der Waals surface area contributed by atoms with E-state index >= 15 is 0 Å². The van der Waals surface area contributed by atoms with Crippen molar-refractivity contribution in [1.29, 1.82) is 0 Å². The lowest BCUT2D eigenvalue weighted by Crippen LogP contribution is -2.08. The van der Waals surface area contributed by atoms with E-state index in [-0.39, 0.29) is 0 Å². The second-order valence-corrected chi connectivity index (χ2v) is 5.41. The first-order valence-electron chi connectivity index (χ1n) is 7.65. The topological polar surface area (TPSA) is 78.3 Å². The summed E-state index contributed by atoms with van der Waals surface area (Å²) in [5, 5.41) is 0.